The molecule has 0 radical (unpaired) electrons. The van der Waals surface area contributed by atoms with Gasteiger partial charge >= 0.3 is 19.8 Å². The Kier molecular flexibility index (Phi) is 36.3. The first kappa shape index (κ1) is 53.5. The molecule has 1 N–H and O–H groups in total. The van der Waals surface area contributed by atoms with Crippen molar-refractivity contribution in [2.75, 3.05) is 47.5 Å². The molecule has 0 spiro atoms. The topological polar surface area (TPSA) is 108 Å². The van der Waals surface area contributed by atoms with Crippen LogP contribution >= 0.6 is 7.82 Å². The number of phosphoric acid groups is 1. The van der Waals surface area contributed by atoms with Gasteiger partial charge < -0.3 is 18.9 Å². The van der Waals surface area contributed by atoms with Crippen molar-refractivity contribution in [2.45, 2.75) is 161 Å². The number of allylic oxidation sites excluding steroid dienone is 12. The minimum Gasteiger partial charge on any atom is -0.462 e. The van der Waals surface area contributed by atoms with Gasteiger partial charge in [0.05, 0.1) is 27.7 Å². The fourth-order valence-corrected chi connectivity index (χ4v) is 6.01. The third-order valence-corrected chi connectivity index (χ3v) is 9.69. The van der Waals surface area contributed by atoms with Crippen molar-refractivity contribution in [3.8, 4) is 0 Å². The Labute approximate surface area is 342 Å². The van der Waals surface area contributed by atoms with Gasteiger partial charge in [-0.3, -0.25) is 18.6 Å². The van der Waals surface area contributed by atoms with E-state index in [1.165, 1.54) is 51.4 Å². The largest absolute Gasteiger partial charge is 0.472 e. The Morgan fingerprint density at radius 3 is 1.48 bits per heavy atom. The lowest BCUT2D eigenvalue weighted by Gasteiger charge is -2.24. The first-order valence-corrected chi connectivity index (χ1v) is 23.2. The van der Waals surface area contributed by atoms with Crippen molar-refractivity contribution in [2.24, 2.45) is 0 Å². The molecular formula is C46H81NO8P+. The normalized spacial score (nSPS) is 14.3. The number of likely N-dealkylation sites (N-methyl/N-ethyl adjacent to an activating group) is 1. The lowest BCUT2D eigenvalue weighted by Crippen LogP contribution is -2.37. The van der Waals surface area contributed by atoms with Crippen LogP contribution in [-0.4, -0.2) is 74.9 Å². The van der Waals surface area contributed by atoms with Gasteiger partial charge in [0.2, 0.25) is 0 Å². The molecule has 1 unspecified atom stereocenters. The molecule has 0 saturated carbocycles. The predicted molar refractivity (Wildman–Crippen MR) is 233 cm³/mol. The second kappa shape index (κ2) is 38.0. The molecular weight excluding hydrogens is 725 g/mol. The molecule has 0 fully saturated rings. The van der Waals surface area contributed by atoms with Crippen LogP contribution in [0.4, 0.5) is 0 Å². The molecule has 0 rings (SSSR count). The number of rotatable bonds is 38. The van der Waals surface area contributed by atoms with Gasteiger partial charge in [-0.05, 0) is 83.5 Å². The highest BCUT2D eigenvalue weighted by Gasteiger charge is 2.27. The molecule has 0 aromatic heterocycles. The van der Waals surface area contributed by atoms with Crippen molar-refractivity contribution in [3.05, 3.63) is 72.9 Å². The summed E-state index contributed by atoms with van der Waals surface area (Å²) in [6, 6.07) is 0. The zero-order valence-electron chi connectivity index (χ0n) is 36.1. The number of quaternary nitrogens is 1. The fraction of sp³-hybridized carbons (Fsp3) is 0.696. The number of nitrogens with zero attached hydrogens (tertiary/aromatic N) is 1. The molecule has 0 amide bonds. The summed E-state index contributed by atoms with van der Waals surface area (Å²) >= 11 is 0. The van der Waals surface area contributed by atoms with Gasteiger partial charge in [0.1, 0.15) is 19.8 Å². The lowest BCUT2D eigenvalue weighted by atomic mass is 10.1. The number of esters is 2. The Bertz CT molecular complexity index is 1180. The summed E-state index contributed by atoms with van der Waals surface area (Å²) in [6.07, 6.45) is 46.7. The van der Waals surface area contributed by atoms with Crippen molar-refractivity contribution in [1.29, 1.82) is 0 Å². The predicted octanol–water partition coefficient (Wildman–Crippen LogP) is 12.2. The van der Waals surface area contributed by atoms with Crippen LogP contribution in [0.25, 0.3) is 0 Å². The standard InChI is InChI=1S/C46H80NO8P/c1-6-8-10-12-14-16-18-20-22-23-25-26-28-30-32-34-36-38-45(48)52-42-44(43-54-56(50,51)53-41-40-47(3,4)5)55-46(49)39-37-35-33-31-29-27-24-21-19-17-15-13-11-9-7-2/h14-17,20-22,24-26,30,32,44H,6-13,18-19,23,27-29,31,33-43H2,1-5H3/p+1/b16-14-,17-15-,22-20-,24-21-,26-25-,32-30-/t44-/m1/s1. The zero-order chi connectivity index (χ0) is 41.4. The summed E-state index contributed by atoms with van der Waals surface area (Å²) in [4.78, 5) is 35.3. The second-order valence-corrected chi connectivity index (χ2v) is 16.8. The molecule has 9 nitrogen and oxygen atoms in total. The molecule has 0 saturated heterocycles. The molecule has 2 atom stereocenters. The molecule has 0 aliphatic carbocycles. The average Bonchev–Trinajstić information content (AvgIpc) is 3.15. The number of carbonyl (C=O) groups excluding carboxylic acids is 2. The third kappa shape index (κ3) is 41.1. The van der Waals surface area contributed by atoms with Crippen LogP contribution < -0.4 is 0 Å². The molecule has 0 bridgehead atoms. The van der Waals surface area contributed by atoms with Gasteiger partial charge in [-0.15, -0.1) is 0 Å². The van der Waals surface area contributed by atoms with Crippen molar-refractivity contribution in [1.82, 2.24) is 0 Å². The maximum absolute atomic E-state index is 12.7. The smallest absolute Gasteiger partial charge is 0.462 e. The number of carbonyl (C=O) groups is 2. The maximum atomic E-state index is 12.7. The molecule has 0 aromatic rings. The summed E-state index contributed by atoms with van der Waals surface area (Å²) in [5.74, 6) is -0.887. The molecule has 322 valence electrons. The molecule has 0 aliphatic heterocycles. The van der Waals surface area contributed by atoms with Gasteiger partial charge in [-0.2, -0.15) is 0 Å². The quantitative estimate of drug-likeness (QED) is 0.0216. The van der Waals surface area contributed by atoms with Crippen molar-refractivity contribution in [3.63, 3.8) is 0 Å². The number of phosphoric ester groups is 1. The highest BCUT2D eigenvalue weighted by atomic mass is 31.2. The van der Waals surface area contributed by atoms with E-state index in [0.717, 1.165) is 64.2 Å². The molecule has 10 heteroatoms. The summed E-state index contributed by atoms with van der Waals surface area (Å²) in [5.41, 5.74) is 0. The number of unbranched alkanes of at least 4 members (excludes halogenated alkanes) is 12. The first-order chi connectivity index (χ1) is 27.0. The van der Waals surface area contributed by atoms with E-state index in [-0.39, 0.29) is 26.1 Å². The Morgan fingerprint density at radius 1 is 0.554 bits per heavy atom. The summed E-state index contributed by atoms with van der Waals surface area (Å²) < 4.78 is 34.2. The van der Waals surface area contributed by atoms with Crippen LogP contribution in [0.3, 0.4) is 0 Å². The molecule has 56 heavy (non-hydrogen) atoms. The van der Waals surface area contributed by atoms with Crippen LogP contribution in [0.1, 0.15) is 155 Å². The summed E-state index contributed by atoms with van der Waals surface area (Å²) in [7, 11) is 1.43. The minimum atomic E-state index is -4.39. The van der Waals surface area contributed by atoms with Crippen LogP contribution in [-0.2, 0) is 32.7 Å². The van der Waals surface area contributed by atoms with E-state index in [1.54, 1.807) is 0 Å². The van der Waals surface area contributed by atoms with Crippen LogP contribution in [0, 0.1) is 0 Å². The Morgan fingerprint density at radius 2 is 0.982 bits per heavy atom. The second-order valence-electron chi connectivity index (χ2n) is 15.4. The van der Waals surface area contributed by atoms with E-state index in [4.69, 9.17) is 18.5 Å². The summed E-state index contributed by atoms with van der Waals surface area (Å²) in [5, 5.41) is 0. The minimum absolute atomic E-state index is 0.0168. The SMILES string of the molecule is CCCCC/C=C\C/C=C\C/C=C\C/C=C\CCCC(=O)OC[C@H](COP(=O)(O)OCC[N+](C)(C)C)OC(=O)CCCCCCC/C=C\C/C=C\CCCCC. The number of ether oxygens (including phenoxy) is 2. The van der Waals surface area contributed by atoms with Crippen LogP contribution in [0.5, 0.6) is 0 Å². The number of hydrogen-bond donors (Lipinski definition) is 1. The fourth-order valence-electron chi connectivity index (χ4n) is 5.27. The van der Waals surface area contributed by atoms with Crippen LogP contribution in [0.2, 0.25) is 0 Å². The molecule has 0 aromatic carbocycles. The van der Waals surface area contributed by atoms with E-state index in [1.807, 2.05) is 21.1 Å². The van der Waals surface area contributed by atoms with E-state index < -0.39 is 32.5 Å². The summed E-state index contributed by atoms with van der Waals surface area (Å²) in [6.45, 7) is 4.26. The van der Waals surface area contributed by atoms with Gasteiger partial charge in [0, 0.05) is 12.8 Å². The Hall–Kier alpha value is -2.55. The highest BCUT2D eigenvalue weighted by Crippen LogP contribution is 2.43. The number of hydrogen-bond acceptors (Lipinski definition) is 7. The third-order valence-electron chi connectivity index (χ3n) is 8.71. The Balaban J connectivity index is 4.51. The molecule has 0 heterocycles. The highest BCUT2D eigenvalue weighted by molar-refractivity contribution is 7.47. The first-order valence-electron chi connectivity index (χ1n) is 21.7. The van der Waals surface area contributed by atoms with Gasteiger partial charge in [0.25, 0.3) is 0 Å². The monoisotopic (exact) mass is 807 g/mol. The van der Waals surface area contributed by atoms with Gasteiger partial charge in [0.15, 0.2) is 6.10 Å². The van der Waals surface area contributed by atoms with E-state index in [9.17, 15) is 19.0 Å². The van der Waals surface area contributed by atoms with Gasteiger partial charge in [-0.25, -0.2) is 4.57 Å². The van der Waals surface area contributed by atoms with Gasteiger partial charge in [-0.1, -0.05) is 132 Å². The van der Waals surface area contributed by atoms with Crippen LogP contribution in [0.15, 0.2) is 72.9 Å². The average molecular weight is 807 g/mol. The lowest BCUT2D eigenvalue weighted by molar-refractivity contribution is -0.870. The van der Waals surface area contributed by atoms with Crippen molar-refractivity contribution >= 4 is 19.8 Å². The van der Waals surface area contributed by atoms with E-state index in [0.29, 0.717) is 23.9 Å². The maximum Gasteiger partial charge on any atom is 0.472 e. The van der Waals surface area contributed by atoms with Crippen molar-refractivity contribution < 1.29 is 42.1 Å². The zero-order valence-corrected chi connectivity index (χ0v) is 37.0. The van der Waals surface area contributed by atoms with E-state index in [2.05, 4.69) is 86.8 Å². The molecule has 0 aliphatic rings. The van der Waals surface area contributed by atoms with E-state index >= 15 is 0 Å².